The minimum atomic E-state index is -0.259. The third-order valence-electron chi connectivity index (χ3n) is 10.3. The molecule has 0 radical (unpaired) electrons. The number of ether oxygens (including phenoxy) is 5. The van der Waals surface area contributed by atoms with E-state index >= 15 is 0 Å². The number of likely N-dealkylation sites (N-methyl/N-ethyl adjacent to an activating group) is 2. The average Bonchev–Trinajstić information content (AvgIpc) is 3.19. The normalized spacial score (nSPS) is 16.0. The van der Waals surface area contributed by atoms with Crippen LogP contribution in [0.25, 0.3) is 0 Å². The molecule has 15 nitrogen and oxygen atoms in total. The van der Waals surface area contributed by atoms with Crippen LogP contribution in [0, 0.1) is 0 Å². The first-order valence-corrected chi connectivity index (χ1v) is 22.4. The number of hydrogen-bond acceptors (Lipinski definition) is 16. The van der Waals surface area contributed by atoms with E-state index in [2.05, 4.69) is 43.5 Å². The summed E-state index contributed by atoms with van der Waals surface area (Å²) in [6.45, 7) is 16.2. The number of methoxy groups -OCH3 is 1. The number of nitrogens with zero attached hydrogens (tertiary/aromatic N) is 6. The summed E-state index contributed by atoms with van der Waals surface area (Å²) in [5.74, 6) is -0.116. The Morgan fingerprint density at radius 3 is 1.23 bits per heavy atom. The summed E-state index contributed by atoms with van der Waals surface area (Å²) < 4.78 is 26.5. The van der Waals surface area contributed by atoms with Gasteiger partial charge >= 0.3 is 23.9 Å². The van der Waals surface area contributed by atoms with Gasteiger partial charge in [-0.1, -0.05) is 0 Å². The van der Waals surface area contributed by atoms with E-state index in [-0.39, 0.29) is 49.7 Å². The van der Waals surface area contributed by atoms with Gasteiger partial charge < -0.3 is 53.1 Å². The van der Waals surface area contributed by atoms with Crippen molar-refractivity contribution in [2.75, 3.05) is 171 Å². The highest BCUT2D eigenvalue weighted by Crippen LogP contribution is 2.08. The number of esters is 4. The van der Waals surface area contributed by atoms with E-state index in [9.17, 15) is 19.2 Å². The van der Waals surface area contributed by atoms with E-state index in [0.717, 1.165) is 123 Å². The van der Waals surface area contributed by atoms with E-state index in [4.69, 9.17) is 23.7 Å². The molecule has 0 amide bonds. The Labute approximate surface area is 342 Å². The Bertz CT molecular complexity index is 968. The van der Waals surface area contributed by atoms with Crippen molar-refractivity contribution >= 4 is 35.6 Å². The van der Waals surface area contributed by atoms with Gasteiger partial charge in [0.2, 0.25) is 0 Å². The zero-order valence-electron chi connectivity index (χ0n) is 35.4. The van der Waals surface area contributed by atoms with Gasteiger partial charge in [-0.2, -0.15) is 11.8 Å². The van der Waals surface area contributed by atoms with Gasteiger partial charge in [0.25, 0.3) is 0 Å². The molecule has 0 spiro atoms. The van der Waals surface area contributed by atoms with Crippen LogP contribution in [-0.2, 0) is 42.9 Å². The molecular formula is C40H76N6O9S. The third-order valence-corrected chi connectivity index (χ3v) is 10.9. The molecule has 0 aromatic carbocycles. The highest BCUT2D eigenvalue weighted by Gasteiger charge is 2.18. The molecule has 0 aromatic rings. The highest BCUT2D eigenvalue weighted by atomic mass is 32.2. The number of piperazine rings is 2. The van der Waals surface area contributed by atoms with Gasteiger partial charge in [0.05, 0.1) is 45.5 Å². The molecule has 0 saturated carbocycles. The number of unbranched alkanes of at least 4 members (excludes halogenated alkanes) is 3. The van der Waals surface area contributed by atoms with Crippen LogP contribution in [0.15, 0.2) is 0 Å². The predicted molar refractivity (Wildman–Crippen MR) is 221 cm³/mol. The van der Waals surface area contributed by atoms with Crippen LogP contribution < -0.4 is 0 Å². The molecule has 0 N–H and O–H groups in total. The highest BCUT2D eigenvalue weighted by molar-refractivity contribution is 7.98. The molecule has 326 valence electrons. The Hall–Kier alpha value is -2.05. The molecule has 2 saturated heterocycles. The predicted octanol–water partition coefficient (Wildman–Crippen LogP) is 2.17. The van der Waals surface area contributed by atoms with Gasteiger partial charge in [-0.3, -0.25) is 19.2 Å². The topological polar surface area (TPSA) is 134 Å². The molecule has 56 heavy (non-hydrogen) atoms. The van der Waals surface area contributed by atoms with Crippen molar-refractivity contribution in [3.8, 4) is 0 Å². The monoisotopic (exact) mass is 817 g/mol. The van der Waals surface area contributed by atoms with Gasteiger partial charge in [0.15, 0.2) is 0 Å². The van der Waals surface area contributed by atoms with E-state index in [1.54, 1.807) is 18.9 Å². The minimum Gasteiger partial charge on any atom is -0.466 e. The van der Waals surface area contributed by atoms with Gasteiger partial charge in [-0.25, -0.2) is 0 Å². The lowest BCUT2D eigenvalue weighted by molar-refractivity contribution is -0.146. The lowest BCUT2D eigenvalue weighted by Crippen LogP contribution is -2.45. The smallest absolute Gasteiger partial charge is 0.307 e. The number of carbonyl (C=O) groups excluding carboxylic acids is 4. The molecule has 2 fully saturated rings. The van der Waals surface area contributed by atoms with Gasteiger partial charge in [-0.05, 0) is 85.1 Å². The fraction of sp³-hybridized carbons (Fsp3) is 0.900. The van der Waals surface area contributed by atoms with Crippen LogP contribution in [0.3, 0.4) is 0 Å². The van der Waals surface area contributed by atoms with E-state index < -0.39 is 0 Å². The number of rotatable bonds is 33. The van der Waals surface area contributed by atoms with E-state index in [1.165, 1.54) is 0 Å². The Kier molecular flexibility index (Phi) is 29.4. The van der Waals surface area contributed by atoms with E-state index in [0.29, 0.717) is 59.0 Å². The van der Waals surface area contributed by atoms with Crippen molar-refractivity contribution in [2.24, 2.45) is 0 Å². The molecule has 0 aliphatic carbocycles. The van der Waals surface area contributed by atoms with Crippen molar-refractivity contribution in [3.63, 3.8) is 0 Å². The second-order valence-electron chi connectivity index (χ2n) is 15.0. The summed E-state index contributed by atoms with van der Waals surface area (Å²) in [6.07, 6.45) is 8.37. The second-order valence-corrected chi connectivity index (χ2v) is 15.9. The van der Waals surface area contributed by atoms with Crippen LogP contribution in [0.1, 0.15) is 64.2 Å². The van der Waals surface area contributed by atoms with Crippen molar-refractivity contribution in [2.45, 2.75) is 64.2 Å². The lowest BCUT2D eigenvalue weighted by atomic mass is 10.2. The van der Waals surface area contributed by atoms with Crippen molar-refractivity contribution in [1.29, 1.82) is 0 Å². The maximum Gasteiger partial charge on any atom is 0.307 e. The van der Waals surface area contributed by atoms with Gasteiger partial charge in [0.1, 0.15) is 13.2 Å². The standard InChI is InChI=1S/C40H76N6O9S/c1-41-23-27-45(28-24-41)17-9-15-43(21-13-39(49)54-34-33-51-3)19-11-37(47)52-31-7-5-6-8-32-53-38(48)12-20-44(22-14-40(50)55-35-36-56-4)16-10-18-46-29-25-42(2)26-30-46/h5-36H2,1-4H3. The molecular weight excluding hydrogens is 741 g/mol. The number of carbonyl (C=O) groups is 4. The first-order chi connectivity index (χ1) is 27.2. The molecule has 2 rings (SSSR count). The maximum absolute atomic E-state index is 12.6. The van der Waals surface area contributed by atoms with Crippen molar-refractivity contribution in [1.82, 2.24) is 29.4 Å². The molecule has 0 aromatic heterocycles. The molecule has 16 heteroatoms. The zero-order valence-corrected chi connectivity index (χ0v) is 36.2. The fourth-order valence-electron chi connectivity index (χ4n) is 6.54. The summed E-state index contributed by atoms with van der Waals surface area (Å²) in [7, 11) is 5.88. The van der Waals surface area contributed by atoms with Crippen LogP contribution >= 0.6 is 11.8 Å². The number of thioether (sulfide) groups is 1. The molecule has 0 bridgehead atoms. The molecule has 0 unspecified atom stereocenters. The first kappa shape index (κ1) is 50.1. The SMILES string of the molecule is COCCOC(=O)CCN(CCCN1CCN(C)CC1)CCC(=O)OCCCCCCOC(=O)CCN(CCCN1CCN(C)CC1)CCC(=O)OCCSC. The third kappa shape index (κ3) is 26.8. The van der Waals surface area contributed by atoms with Crippen molar-refractivity contribution in [3.05, 3.63) is 0 Å². The quantitative estimate of drug-likeness (QED) is 0.0544. The second kappa shape index (κ2) is 32.9. The maximum atomic E-state index is 12.6. The summed E-state index contributed by atoms with van der Waals surface area (Å²) in [5, 5.41) is 0. The summed E-state index contributed by atoms with van der Waals surface area (Å²) >= 11 is 1.65. The zero-order chi connectivity index (χ0) is 40.6. The Balaban J connectivity index is 1.59. The molecule has 2 heterocycles. The van der Waals surface area contributed by atoms with Gasteiger partial charge in [-0.15, -0.1) is 0 Å². The molecule has 2 aliphatic rings. The minimum absolute atomic E-state index is 0.194. The van der Waals surface area contributed by atoms with Crippen LogP contribution in [0.5, 0.6) is 0 Å². The largest absolute Gasteiger partial charge is 0.466 e. The average molecular weight is 817 g/mol. The first-order valence-electron chi connectivity index (χ1n) is 21.0. The Morgan fingerprint density at radius 1 is 0.482 bits per heavy atom. The molecule has 0 atom stereocenters. The summed E-state index contributed by atoms with van der Waals surface area (Å²) in [4.78, 5) is 63.5. The van der Waals surface area contributed by atoms with Crippen molar-refractivity contribution < 1.29 is 42.9 Å². The summed E-state index contributed by atoms with van der Waals surface area (Å²) in [5.41, 5.74) is 0. The fourth-order valence-corrected chi connectivity index (χ4v) is 6.79. The van der Waals surface area contributed by atoms with Gasteiger partial charge in [0, 0.05) is 91.4 Å². The van der Waals surface area contributed by atoms with Crippen LogP contribution in [0.4, 0.5) is 0 Å². The van der Waals surface area contributed by atoms with Crippen LogP contribution in [0.2, 0.25) is 0 Å². The molecule has 2 aliphatic heterocycles. The Morgan fingerprint density at radius 2 is 0.857 bits per heavy atom. The van der Waals surface area contributed by atoms with E-state index in [1.807, 2.05) is 6.26 Å². The van der Waals surface area contributed by atoms with Crippen LogP contribution in [-0.4, -0.2) is 224 Å². The number of hydrogen-bond donors (Lipinski definition) is 0. The lowest BCUT2D eigenvalue weighted by Gasteiger charge is -2.33. The summed E-state index contributed by atoms with van der Waals surface area (Å²) in [6, 6.07) is 0.